The number of methoxy groups -OCH3 is 1. The summed E-state index contributed by atoms with van der Waals surface area (Å²) in [5.41, 5.74) is 1.45. The van der Waals surface area contributed by atoms with E-state index in [2.05, 4.69) is 17.2 Å². The Kier molecular flexibility index (Phi) is 5.07. The van der Waals surface area contributed by atoms with Gasteiger partial charge in [-0.3, -0.25) is 0 Å². The number of benzene rings is 1. The fraction of sp³-hybridized carbons (Fsp3) is 0.312. The zero-order valence-corrected chi connectivity index (χ0v) is 11.8. The molecule has 0 amide bonds. The Morgan fingerprint density at radius 1 is 1.20 bits per heavy atom. The minimum absolute atomic E-state index is 0.230. The lowest BCUT2D eigenvalue weighted by Crippen LogP contribution is -2.24. The van der Waals surface area contributed by atoms with E-state index in [1.165, 1.54) is 6.07 Å². The van der Waals surface area contributed by atoms with Crippen LogP contribution in [0.3, 0.4) is 0 Å². The van der Waals surface area contributed by atoms with Crippen molar-refractivity contribution in [3.05, 3.63) is 59.5 Å². The highest BCUT2D eigenvalue weighted by Crippen LogP contribution is 2.29. The maximum absolute atomic E-state index is 14.1. The van der Waals surface area contributed by atoms with E-state index in [1.807, 2.05) is 18.2 Å². The van der Waals surface area contributed by atoms with Gasteiger partial charge in [-0.15, -0.1) is 0 Å². The fourth-order valence-electron chi connectivity index (χ4n) is 2.18. The highest BCUT2D eigenvalue weighted by molar-refractivity contribution is 5.37. The molecule has 2 rings (SSSR count). The summed E-state index contributed by atoms with van der Waals surface area (Å²) in [7, 11) is 1.57. The molecule has 2 aromatic rings. The molecule has 1 unspecified atom stereocenters. The van der Waals surface area contributed by atoms with Gasteiger partial charge in [0.15, 0.2) is 0 Å². The summed E-state index contributed by atoms with van der Waals surface area (Å²) in [4.78, 5) is 4.20. The third kappa shape index (κ3) is 3.14. The molecule has 106 valence electrons. The summed E-state index contributed by atoms with van der Waals surface area (Å²) in [6.45, 7) is 2.86. The van der Waals surface area contributed by atoms with E-state index in [0.29, 0.717) is 11.4 Å². The molecule has 1 aromatic carbocycles. The largest absolute Gasteiger partial charge is 0.481 e. The maximum Gasteiger partial charge on any atom is 0.218 e. The Labute approximate surface area is 118 Å². The molecule has 0 fully saturated rings. The second kappa shape index (κ2) is 7.01. The van der Waals surface area contributed by atoms with Gasteiger partial charge in [-0.05, 0) is 25.1 Å². The van der Waals surface area contributed by atoms with E-state index in [9.17, 15) is 4.39 Å². The van der Waals surface area contributed by atoms with Crippen molar-refractivity contribution in [2.24, 2.45) is 0 Å². The van der Waals surface area contributed by atoms with Crippen molar-refractivity contribution < 1.29 is 9.13 Å². The number of pyridine rings is 1. The van der Waals surface area contributed by atoms with Gasteiger partial charge in [-0.2, -0.15) is 0 Å². The first-order valence-corrected chi connectivity index (χ1v) is 6.74. The summed E-state index contributed by atoms with van der Waals surface area (Å²) in [6, 6.07) is 10.3. The van der Waals surface area contributed by atoms with Crippen molar-refractivity contribution in [3.8, 4) is 5.88 Å². The summed E-state index contributed by atoms with van der Waals surface area (Å²) in [6.07, 6.45) is 2.63. The van der Waals surface area contributed by atoms with Gasteiger partial charge in [-0.1, -0.05) is 31.2 Å². The van der Waals surface area contributed by atoms with Crippen LogP contribution in [0.25, 0.3) is 0 Å². The summed E-state index contributed by atoms with van der Waals surface area (Å²) in [5, 5.41) is 3.36. The van der Waals surface area contributed by atoms with Crippen LogP contribution in [0.5, 0.6) is 5.88 Å². The van der Waals surface area contributed by atoms with Gasteiger partial charge in [0.05, 0.1) is 13.2 Å². The summed E-state index contributed by atoms with van der Waals surface area (Å²) in [5.74, 6) is 0.288. The average Bonchev–Trinajstić information content (AvgIpc) is 2.49. The van der Waals surface area contributed by atoms with E-state index in [4.69, 9.17) is 4.74 Å². The first kappa shape index (κ1) is 14.5. The first-order chi connectivity index (χ1) is 9.77. The zero-order valence-electron chi connectivity index (χ0n) is 11.8. The Balaban J connectivity index is 2.44. The van der Waals surface area contributed by atoms with Crippen molar-refractivity contribution in [1.29, 1.82) is 0 Å². The second-order valence-corrected chi connectivity index (χ2v) is 4.51. The van der Waals surface area contributed by atoms with Crippen LogP contribution in [0, 0.1) is 5.82 Å². The smallest absolute Gasteiger partial charge is 0.218 e. The van der Waals surface area contributed by atoms with Crippen LogP contribution in [0.2, 0.25) is 0 Å². The SMILES string of the molecule is CCCNC(c1ccccc1F)c1cccnc1OC. The number of nitrogens with one attached hydrogen (secondary N) is 1. The van der Waals surface area contributed by atoms with E-state index < -0.39 is 0 Å². The molecule has 0 saturated carbocycles. The van der Waals surface area contributed by atoms with E-state index in [-0.39, 0.29) is 11.9 Å². The zero-order chi connectivity index (χ0) is 14.4. The Bertz CT molecular complexity index is 560. The van der Waals surface area contributed by atoms with E-state index in [1.54, 1.807) is 25.4 Å². The number of ether oxygens (including phenoxy) is 1. The third-order valence-electron chi connectivity index (χ3n) is 3.12. The number of nitrogens with zero attached hydrogens (tertiary/aromatic N) is 1. The quantitative estimate of drug-likeness (QED) is 0.877. The second-order valence-electron chi connectivity index (χ2n) is 4.51. The molecule has 1 N–H and O–H groups in total. The number of aromatic nitrogens is 1. The van der Waals surface area contributed by atoms with Gasteiger partial charge in [0.2, 0.25) is 5.88 Å². The van der Waals surface area contributed by atoms with Crippen molar-refractivity contribution in [2.45, 2.75) is 19.4 Å². The number of hydrogen-bond donors (Lipinski definition) is 1. The van der Waals surface area contributed by atoms with Gasteiger partial charge in [0.25, 0.3) is 0 Å². The van der Waals surface area contributed by atoms with Crippen LogP contribution < -0.4 is 10.1 Å². The van der Waals surface area contributed by atoms with Crippen molar-refractivity contribution in [1.82, 2.24) is 10.3 Å². The average molecular weight is 274 g/mol. The van der Waals surface area contributed by atoms with Gasteiger partial charge >= 0.3 is 0 Å². The monoisotopic (exact) mass is 274 g/mol. The number of halogens is 1. The Morgan fingerprint density at radius 2 is 1.95 bits per heavy atom. The minimum atomic E-state index is -0.264. The van der Waals surface area contributed by atoms with Gasteiger partial charge in [0, 0.05) is 17.3 Å². The van der Waals surface area contributed by atoms with Gasteiger partial charge < -0.3 is 10.1 Å². The van der Waals surface area contributed by atoms with Crippen molar-refractivity contribution in [3.63, 3.8) is 0 Å². The predicted octanol–water partition coefficient (Wildman–Crippen LogP) is 3.32. The molecule has 0 aliphatic heterocycles. The molecular formula is C16H19FN2O. The molecule has 0 radical (unpaired) electrons. The molecule has 0 aliphatic rings. The molecule has 0 aliphatic carbocycles. The highest BCUT2D eigenvalue weighted by Gasteiger charge is 2.20. The summed E-state index contributed by atoms with van der Waals surface area (Å²) < 4.78 is 19.4. The predicted molar refractivity (Wildman–Crippen MR) is 77.3 cm³/mol. The minimum Gasteiger partial charge on any atom is -0.481 e. The molecule has 3 nitrogen and oxygen atoms in total. The molecule has 1 aromatic heterocycles. The molecular weight excluding hydrogens is 255 g/mol. The van der Waals surface area contributed by atoms with Crippen LogP contribution in [0.15, 0.2) is 42.6 Å². The van der Waals surface area contributed by atoms with Crippen LogP contribution >= 0.6 is 0 Å². The highest BCUT2D eigenvalue weighted by atomic mass is 19.1. The normalized spacial score (nSPS) is 12.2. The molecule has 0 bridgehead atoms. The fourth-order valence-corrected chi connectivity index (χ4v) is 2.18. The van der Waals surface area contributed by atoms with Crippen LogP contribution in [-0.2, 0) is 0 Å². The molecule has 20 heavy (non-hydrogen) atoms. The van der Waals surface area contributed by atoms with Gasteiger partial charge in [0.1, 0.15) is 5.82 Å². The lowest BCUT2D eigenvalue weighted by atomic mass is 9.99. The van der Waals surface area contributed by atoms with E-state index in [0.717, 1.165) is 18.5 Å². The Morgan fingerprint density at radius 3 is 2.65 bits per heavy atom. The number of rotatable bonds is 6. The van der Waals surface area contributed by atoms with Crippen LogP contribution in [0.4, 0.5) is 4.39 Å². The Hall–Kier alpha value is -1.94. The van der Waals surface area contributed by atoms with Crippen LogP contribution in [-0.4, -0.2) is 18.6 Å². The standard InChI is InChI=1S/C16H19FN2O/c1-3-10-18-15(12-7-4-5-9-14(12)17)13-8-6-11-19-16(13)20-2/h4-9,11,15,18H,3,10H2,1-2H3. The maximum atomic E-state index is 14.1. The van der Waals surface area contributed by atoms with Crippen molar-refractivity contribution in [2.75, 3.05) is 13.7 Å². The van der Waals surface area contributed by atoms with Crippen molar-refractivity contribution >= 4 is 0 Å². The molecule has 0 spiro atoms. The summed E-state index contributed by atoms with van der Waals surface area (Å²) >= 11 is 0. The van der Waals surface area contributed by atoms with E-state index >= 15 is 0 Å². The topological polar surface area (TPSA) is 34.2 Å². The molecule has 0 saturated heterocycles. The lowest BCUT2D eigenvalue weighted by molar-refractivity contribution is 0.386. The van der Waals surface area contributed by atoms with Crippen LogP contribution in [0.1, 0.15) is 30.5 Å². The van der Waals surface area contributed by atoms with Gasteiger partial charge in [-0.25, -0.2) is 9.37 Å². The molecule has 4 heteroatoms. The first-order valence-electron chi connectivity index (χ1n) is 6.74. The number of hydrogen-bond acceptors (Lipinski definition) is 3. The third-order valence-corrected chi connectivity index (χ3v) is 3.12. The molecule has 1 heterocycles. The molecule has 1 atom stereocenters. The lowest BCUT2D eigenvalue weighted by Gasteiger charge is -2.21.